The Kier molecular flexibility index (Phi) is 2.90. The quantitative estimate of drug-likeness (QED) is 0.751. The summed E-state index contributed by atoms with van der Waals surface area (Å²) in [7, 11) is 0. The first-order valence-electron chi connectivity index (χ1n) is 6.67. The minimum atomic E-state index is -0.0876. The highest BCUT2D eigenvalue weighted by molar-refractivity contribution is 7.20. The number of benzene rings is 1. The molecular formula is C16H12N2OS2. The minimum Gasteiger partial charge on any atom is -0.325 e. The van der Waals surface area contributed by atoms with Crippen LogP contribution in [0.1, 0.15) is 18.4 Å². The summed E-state index contributed by atoms with van der Waals surface area (Å²) in [6.45, 7) is 1.93. The molecule has 104 valence electrons. The molecule has 21 heavy (non-hydrogen) atoms. The smallest absolute Gasteiger partial charge is 0.231 e. The number of hydrogen-bond acceptors (Lipinski definition) is 4. The highest BCUT2D eigenvalue weighted by atomic mass is 32.1. The largest absolute Gasteiger partial charge is 0.325 e. The molecule has 0 saturated heterocycles. The number of nitrogens with zero attached hydrogens (tertiary/aromatic N) is 1. The number of amides is 1. The topological polar surface area (TPSA) is 42.0 Å². The number of thiophene rings is 1. The van der Waals surface area contributed by atoms with Gasteiger partial charge in [0.1, 0.15) is 5.01 Å². The van der Waals surface area contributed by atoms with Crippen molar-refractivity contribution in [2.75, 3.05) is 5.32 Å². The van der Waals surface area contributed by atoms with Gasteiger partial charge in [0.25, 0.3) is 0 Å². The normalized spacial score (nSPS) is 16.8. The van der Waals surface area contributed by atoms with Gasteiger partial charge in [-0.25, -0.2) is 4.98 Å². The van der Waals surface area contributed by atoms with Crippen molar-refractivity contribution in [2.24, 2.45) is 0 Å². The van der Waals surface area contributed by atoms with Crippen molar-refractivity contribution in [1.29, 1.82) is 0 Å². The maximum absolute atomic E-state index is 11.7. The number of thiazole rings is 1. The fraction of sp³-hybridized carbons (Fsp3) is 0.125. The number of rotatable bonds is 2. The molecule has 1 N–H and O–H groups in total. The monoisotopic (exact) mass is 312 g/mol. The molecule has 3 aromatic rings. The van der Waals surface area contributed by atoms with E-state index in [4.69, 9.17) is 4.98 Å². The fourth-order valence-electron chi connectivity index (χ4n) is 2.50. The van der Waals surface area contributed by atoms with E-state index < -0.39 is 0 Å². The van der Waals surface area contributed by atoms with Crippen LogP contribution in [-0.4, -0.2) is 10.9 Å². The zero-order valence-corrected chi connectivity index (χ0v) is 12.9. The van der Waals surface area contributed by atoms with Crippen LogP contribution in [0.2, 0.25) is 0 Å². The third kappa shape index (κ3) is 2.09. The summed E-state index contributed by atoms with van der Waals surface area (Å²) in [6.07, 6.45) is 0. The van der Waals surface area contributed by atoms with E-state index >= 15 is 0 Å². The van der Waals surface area contributed by atoms with Crippen LogP contribution in [-0.2, 0) is 4.79 Å². The Labute approximate surface area is 130 Å². The number of hydrogen-bond donors (Lipinski definition) is 1. The SMILES string of the molecule is C[C@@H]1C(=O)Nc2ccc(-c3csc(-c4cccs4)n3)cc21. The fourth-order valence-corrected chi connectivity index (χ4v) is 4.14. The molecule has 3 heterocycles. The second-order valence-corrected chi connectivity index (χ2v) is 6.83. The van der Waals surface area contributed by atoms with Gasteiger partial charge in [-0.2, -0.15) is 0 Å². The first-order chi connectivity index (χ1) is 10.2. The maximum atomic E-state index is 11.7. The first-order valence-corrected chi connectivity index (χ1v) is 8.43. The number of nitrogens with one attached hydrogen (secondary N) is 1. The third-order valence-corrected chi connectivity index (χ3v) is 5.58. The number of aromatic nitrogens is 1. The van der Waals surface area contributed by atoms with Crippen molar-refractivity contribution in [2.45, 2.75) is 12.8 Å². The molecule has 1 aliphatic heterocycles. The van der Waals surface area contributed by atoms with Crippen LogP contribution < -0.4 is 5.32 Å². The number of fused-ring (bicyclic) bond motifs is 1. The molecule has 1 amide bonds. The highest BCUT2D eigenvalue weighted by Gasteiger charge is 2.26. The highest BCUT2D eigenvalue weighted by Crippen LogP contribution is 2.37. The molecule has 0 aliphatic carbocycles. The molecule has 0 spiro atoms. The van der Waals surface area contributed by atoms with E-state index in [1.165, 1.54) is 4.88 Å². The molecule has 0 unspecified atom stereocenters. The summed E-state index contributed by atoms with van der Waals surface area (Å²) in [5, 5.41) is 8.08. The van der Waals surface area contributed by atoms with Crippen LogP contribution in [0.3, 0.4) is 0 Å². The lowest BCUT2D eigenvalue weighted by Crippen LogP contribution is -2.08. The van der Waals surface area contributed by atoms with Gasteiger partial charge < -0.3 is 5.32 Å². The predicted molar refractivity (Wildman–Crippen MR) is 87.9 cm³/mol. The number of carbonyl (C=O) groups is 1. The van der Waals surface area contributed by atoms with Crippen molar-refractivity contribution >= 4 is 34.3 Å². The molecule has 0 saturated carbocycles. The van der Waals surface area contributed by atoms with Crippen molar-refractivity contribution < 1.29 is 4.79 Å². The Morgan fingerprint density at radius 3 is 2.95 bits per heavy atom. The molecule has 1 aliphatic rings. The predicted octanol–water partition coefficient (Wildman–Crippen LogP) is 4.59. The molecule has 4 rings (SSSR count). The van der Waals surface area contributed by atoms with Crippen molar-refractivity contribution in [3.63, 3.8) is 0 Å². The molecule has 5 heteroatoms. The van der Waals surface area contributed by atoms with E-state index in [1.54, 1.807) is 22.7 Å². The second-order valence-electron chi connectivity index (χ2n) is 5.03. The van der Waals surface area contributed by atoms with Crippen molar-refractivity contribution in [3.05, 3.63) is 46.7 Å². The molecule has 3 nitrogen and oxygen atoms in total. The Hall–Kier alpha value is -1.98. The van der Waals surface area contributed by atoms with Crippen LogP contribution in [0.25, 0.3) is 21.1 Å². The lowest BCUT2D eigenvalue weighted by atomic mass is 10.00. The van der Waals surface area contributed by atoms with Crippen LogP contribution in [0.5, 0.6) is 0 Å². The molecule has 2 aromatic heterocycles. The van der Waals surface area contributed by atoms with E-state index in [9.17, 15) is 4.79 Å². The summed E-state index contributed by atoms with van der Waals surface area (Å²) >= 11 is 3.35. The maximum Gasteiger partial charge on any atom is 0.231 e. The first kappa shape index (κ1) is 12.7. The molecular weight excluding hydrogens is 300 g/mol. The summed E-state index contributed by atoms with van der Waals surface area (Å²) in [5.41, 5.74) is 4.02. The van der Waals surface area contributed by atoms with E-state index in [-0.39, 0.29) is 11.8 Å². The number of anilines is 1. The molecule has 0 bridgehead atoms. The number of carbonyl (C=O) groups excluding carboxylic acids is 1. The van der Waals surface area contributed by atoms with Gasteiger partial charge in [-0.15, -0.1) is 22.7 Å². The van der Waals surface area contributed by atoms with Crippen molar-refractivity contribution in [1.82, 2.24) is 4.98 Å². The lowest BCUT2D eigenvalue weighted by molar-refractivity contribution is -0.116. The van der Waals surface area contributed by atoms with E-state index in [2.05, 4.69) is 28.2 Å². The Balaban J connectivity index is 1.74. The van der Waals surface area contributed by atoms with E-state index in [0.29, 0.717) is 0 Å². The Morgan fingerprint density at radius 1 is 1.24 bits per heavy atom. The van der Waals surface area contributed by atoms with Gasteiger partial charge in [0, 0.05) is 16.6 Å². The molecule has 1 atom stereocenters. The molecule has 1 aromatic carbocycles. The average molecular weight is 312 g/mol. The average Bonchev–Trinajstić information content (AvgIpc) is 3.20. The van der Waals surface area contributed by atoms with E-state index in [0.717, 1.165) is 27.5 Å². The van der Waals surface area contributed by atoms with Gasteiger partial charge in [0.05, 0.1) is 16.5 Å². The van der Waals surface area contributed by atoms with Gasteiger partial charge >= 0.3 is 0 Å². The second kappa shape index (κ2) is 4.79. The van der Waals surface area contributed by atoms with Crippen molar-refractivity contribution in [3.8, 4) is 21.1 Å². The standard InChI is InChI=1S/C16H12N2OS2/c1-9-11-7-10(4-5-12(11)17-15(9)19)13-8-21-16(18-13)14-3-2-6-20-14/h2-9H,1H3,(H,17,19)/t9-/m0/s1. The van der Waals surface area contributed by atoms with Gasteiger partial charge in [0.2, 0.25) is 5.91 Å². The lowest BCUT2D eigenvalue weighted by Gasteiger charge is -2.03. The third-order valence-electron chi connectivity index (χ3n) is 3.70. The van der Waals surface area contributed by atoms with Crippen LogP contribution in [0, 0.1) is 0 Å². The van der Waals surface area contributed by atoms with Gasteiger partial charge in [0.15, 0.2) is 0 Å². The summed E-state index contributed by atoms with van der Waals surface area (Å²) < 4.78 is 0. The van der Waals surface area contributed by atoms with Gasteiger partial charge in [-0.05, 0) is 36.1 Å². The summed E-state index contributed by atoms with van der Waals surface area (Å²) in [6, 6.07) is 10.2. The Morgan fingerprint density at radius 2 is 2.14 bits per heavy atom. The van der Waals surface area contributed by atoms with Crippen LogP contribution in [0.15, 0.2) is 41.1 Å². The molecule has 0 fully saturated rings. The van der Waals surface area contributed by atoms with Crippen LogP contribution >= 0.6 is 22.7 Å². The Bertz CT molecular complexity index is 821. The zero-order valence-electron chi connectivity index (χ0n) is 11.3. The summed E-state index contributed by atoms with van der Waals surface area (Å²) in [4.78, 5) is 17.6. The minimum absolute atomic E-state index is 0.0692. The zero-order chi connectivity index (χ0) is 14.4. The van der Waals surface area contributed by atoms with Crippen LogP contribution in [0.4, 0.5) is 5.69 Å². The van der Waals surface area contributed by atoms with Gasteiger partial charge in [-0.3, -0.25) is 4.79 Å². The molecule has 0 radical (unpaired) electrons. The van der Waals surface area contributed by atoms with Gasteiger partial charge in [-0.1, -0.05) is 12.1 Å². The summed E-state index contributed by atoms with van der Waals surface area (Å²) in [5.74, 6) is -0.0185. The van der Waals surface area contributed by atoms with E-state index in [1.807, 2.05) is 25.1 Å².